The Morgan fingerprint density at radius 2 is 2.04 bits per heavy atom. The van der Waals surface area contributed by atoms with Crippen LogP contribution in [0.3, 0.4) is 0 Å². The van der Waals surface area contributed by atoms with E-state index in [1.54, 1.807) is 4.90 Å². The van der Waals surface area contributed by atoms with E-state index in [4.69, 9.17) is 16.3 Å². The average Bonchev–Trinajstić information content (AvgIpc) is 3.05. The van der Waals surface area contributed by atoms with Crippen LogP contribution in [0.4, 0.5) is 10.1 Å². The zero-order chi connectivity index (χ0) is 17.8. The van der Waals surface area contributed by atoms with Gasteiger partial charge in [-0.05, 0) is 41.8 Å². The van der Waals surface area contributed by atoms with Crippen LogP contribution in [-0.4, -0.2) is 25.0 Å². The molecule has 1 amide bonds. The lowest BCUT2D eigenvalue weighted by Gasteiger charge is -2.16. The number of halogens is 2. The lowest BCUT2D eigenvalue weighted by Crippen LogP contribution is -2.33. The van der Waals surface area contributed by atoms with Crippen LogP contribution in [0.2, 0.25) is 5.02 Å². The molecule has 0 atom stereocenters. The van der Waals surface area contributed by atoms with Crippen LogP contribution in [0.1, 0.15) is 11.1 Å². The standard InChI is InChI=1S/C19H15ClFNO3/c20-15-11-13(5-7-16(15)21)6-8-19(24)25-12-18(23)22-10-9-14-3-1-2-4-17(14)22/h1-8,11H,9-10,12H2/b8-6+. The summed E-state index contributed by atoms with van der Waals surface area (Å²) in [6.45, 7) is 0.251. The van der Waals surface area contributed by atoms with Crippen molar-refractivity contribution >= 4 is 35.2 Å². The molecule has 2 aromatic carbocycles. The highest BCUT2D eigenvalue weighted by Crippen LogP contribution is 2.27. The smallest absolute Gasteiger partial charge is 0.331 e. The van der Waals surface area contributed by atoms with Gasteiger partial charge in [0.15, 0.2) is 6.61 Å². The van der Waals surface area contributed by atoms with Crippen LogP contribution in [-0.2, 0) is 20.7 Å². The number of hydrogen-bond donors (Lipinski definition) is 0. The van der Waals surface area contributed by atoms with E-state index in [1.165, 1.54) is 30.4 Å². The summed E-state index contributed by atoms with van der Waals surface area (Å²) in [6, 6.07) is 11.7. The van der Waals surface area contributed by atoms with Gasteiger partial charge in [0.1, 0.15) is 5.82 Å². The van der Waals surface area contributed by atoms with Crippen LogP contribution in [0.25, 0.3) is 6.08 Å². The van der Waals surface area contributed by atoms with Crippen LogP contribution in [0.15, 0.2) is 48.5 Å². The first-order valence-corrected chi connectivity index (χ1v) is 8.10. The number of para-hydroxylation sites is 1. The number of esters is 1. The Kier molecular flexibility index (Phi) is 5.14. The molecule has 0 N–H and O–H groups in total. The Labute approximate surface area is 149 Å². The lowest BCUT2D eigenvalue weighted by molar-refractivity contribution is -0.142. The third kappa shape index (κ3) is 4.06. The molecule has 0 fully saturated rings. The van der Waals surface area contributed by atoms with Crippen molar-refractivity contribution in [2.24, 2.45) is 0 Å². The first-order chi connectivity index (χ1) is 12.0. The first-order valence-electron chi connectivity index (χ1n) is 7.73. The van der Waals surface area contributed by atoms with Gasteiger partial charge in [0.2, 0.25) is 0 Å². The van der Waals surface area contributed by atoms with Crippen molar-refractivity contribution in [1.29, 1.82) is 0 Å². The monoisotopic (exact) mass is 359 g/mol. The zero-order valence-electron chi connectivity index (χ0n) is 13.2. The molecule has 0 spiro atoms. The lowest BCUT2D eigenvalue weighted by atomic mass is 10.2. The molecule has 4 nitrogen and oxygen atoms in total. The van der Waals surface area contributed by atoms with Gasteiger partial charge >= 0.3 is 5.97 Å². The van der Waals surface area contributed by atoms with E-state index in [1.807, 2.05) is 24.3 Å². The van der Waals surface area contributed by atoms with Crippen LogP contribution in [0.5, 0.6) is 0 Å². The van der Waals surface area contributed by atoms with E-state index in [0.29, 0.717) is 12.1 Å². The predicted octanol–water partition coefficient (Wildman–Crippen LogP) is 3.62. The number of carbonyl (C=O) groups excluding carboxylic acids is 2. The van der Waals surface area contributed by atoms with Gasteiger partial charge in [-0.25, -0.2) is 9.18 Å². The highest BCUT2D eigenvalue weighted by Gasteiger charge is 2.24. The fraction of sp³-hybridized carbons (Fsp3) is 0.158. The van der Waals surface area contributed by atoms with Gasteiger partial charge in [0, 0.05) is 18.3 Å². The number of hydrogen-bond acceptors (Lipinski definition) is 3. The third-order valence-corrected chi connectivity index (χ3v) is 4.17. The minimum absolute atomic E-state index is 0.0293. The van der Waals surface area contributed by atoms with Crippen molar-refractivity contribution in [2.75, 3.05) is 18.1 Å². The van der Waals surface area contributed by atoms with Gasteiger partial charge in [-0.3, -0.25) is 4.79 Å². The molecule has 3 rings (SSSR count). The molecule has 0 aromatic heterocycles. The largest absolute Gasteiger partial charge is 0.452 e. The highest BCUT2D eigenvalue weighted by molar-refractivity contribution is 6.30. The number of anilines is 1. The molecule has 2 aromatic rings. The van der Waals surface area contributed by atoms with Crippen molar-refractivity contribution in [3.63, 3.8) is 0 Å². The van der Waals surface area contributed by atoms with Crippen LogP contribution in [0, 0.1) is 5.82 Å². The minimum Gasteiger partial charge on any atom is -0.452 e. The van der Waals surface area contributed by atoms with E-state index >= 15 is 0 Å². The van der Waals surface area contributed by atoms with E-state index in [0.717, 1.165) is 17.7 Å². The number of ether oxygens (including phenoxy) is 1. The molecule has 0 saturated carbocycles. The maximum Gasteiger partial charge on any atom is 0.331 e. The highest BCUT2D eigenvalue weighted by atomic mass is 35.5. The van der Waals surface area contributed by atoms with E-state index in [9.17, 15) is 14.0 Å². The number of carbonyl (C=O) groups is 2. The molecular weight excluding hydrogens is 345 g/mol. The Hall–Kier alpha value is -2.66. The van der Waals surface area contributed by atoms with E-state index < -0.39 is 11.8 Å². The molecule has 25 heavy (non-hydrogen) atoms. The van der Waals surface area contributed by atoms with Gasteiger partial charge in [0.25, 0.3) is 5.91 Å². The Bertz CT molecular complexity index is 850. The van der Waals surface area contributed by atoms with Gasteiger partial charge in [-0.2, -0.15) is 0 Å². The second kappa shape index (κ2) is 7.49. The quantitative estimate of drug-likeness (QED) is 0.618. The number of fused-ring (bicyclic) bond motifs is 1. The SMILES string of the molecule is O=C(/C=C/c1ccc(F)c(Cl)c1)OCC(=O)N1CCc2ccccc21. The Balaban J connectivity index is 1.55. The summed E-state index contributed by atoms with van der Waals surface area (Å²) in [5.41, 5.74) is 2.53. The summed E-state index contributed by atoms with van der Waals surface area (Å²) in [5.74, 6) is -1.45. The molecule has 1 heterocycles. The molecule has 0 bridgehead atoms. The minimum atomic E-state index is -0.652. The zero-order valence-corrected chi connectivity index (χ0v) is 14.0. The third-order valence-electron chi connectivity index (χ3n) is 3.88. The van der Waals surface area contributed by atoms with Gasteiger partial charge in [0.05, 0.1) is 5.02 Å². The average molecular weight is 360 g/mol. The number of rotatable bonds is 4. The van der Waals surface area contributed by atoms with Crippen molar-refractivity contribution in [1.82, 2.24) is 0 Å². The van der Waals surface area contributed by atoms with Gasteiger partial charge < -0.3 is 9.64 Å². The van der Waals surface area contributed by atoms with Crippen LogP contribution >= 0.6 is 11.6 Å². The summed E-state index contributed by atoms with van der Waals surface area (Å²) < 4.78 is 18.1. The molecule has 0 radical (unpaired) electrons. The number of benzene rings is 2. The number of nitrogens with zero attached hydrogens (tertiary/aromatic N) is 1. The molecule has 128 valence electrons. The van der Waals surface area contributed by atoms with E-state index in [-0.39, 0.29) is 17.5 Å². The van der Waals surface area contributed by atoms with Crippen molar-refractivity contribution in [3.05, 3.63) is 70.5 Å². The summed E-state index contributed by atoms with van der Waals surface area (Å²) >= 11 is 5.67. The summed E-state index contributed by atoms with van der Waals surface area (Å²) in [5, 5.41) is -0.0293. The Morgan fingerprint density at radius 1 is 1.24 bits per heavy atom. The summed E-state index contributed by atoms with van der Waals surface area (Å²) in [7, 11) is 0. The normalized spacial score (nSPS) is 13.1. The van der Waals surface area contributed by atoms with Crippen molar-refractivity contribution in [3.8, 4) is 0 Å². The molecule has 0 saturated heterocycles. The summed E-state index contributed by atoms with van der Waals surface area (Å²) in [4.78, 5) is 25.6. The predicted molar refractivity (Wildman–Crippen MR) is 93.9 cm³/mol. The summed E-state index contributed by atoms with van der Waals surface area (Å²) in [6.07, 6.45) is 3.42. The maximum atomic E-state index is 13.1. The van der Waals surface area contributed by atoms with Crippen molar-refractivity contribution < 1.29 is 18.7 Å². The first kappa shape index (κ1) is 17.2. The Morgan fingerprint density at radius 3 is 2.84 bits per heavy atom. The fourth-order valence-electron chi connectivity index (χ4n) is 2.64. The topological polar surface area (TPSA) is 46.6 Å². The fourth-order valence-corrected chi connectivity index (χ4v) is 2.83. The molecule has 1 aliphatic rings. The molecular formula is C19H15ClFNO3. The number of amides is 1. The molecule has 0 unspecified atom stereocenters. The second-order valence-corrected chi connectivity index (χ2v) is 5.95. The second-order valence-electron chi connectivity index (χ2n) is 5.54. The molecule has 6 heteroatoms. The van der Waals surface area contributed by atoms with Gasteiger partial charge in [-0.15, -0.1) is 0 Å². The molecule has 1 aliphatic heterocycles. The maximum absolute atomic E-state index is 13.1. The van der Waals surface area contributed by atoms with Crippen molar-refractivity contribution in [2.45, 2.75) is 6.42 Å². The molecule has 0 aliphatic carbocycles. The van der Waals surface area contributed by atoms with E-state index in [2.05, 4.69) is 0 Å². The van der Waals surface area contributed by atoms with Crippen LogP contribution < -0.4 is 4.90 Å². The van der Waals surface area contributed by atoms with Gasteiger partial charge in [-0.1, -0.05) is 35.9 Å².